The van der Waals surface area contributed by atoms with E-state index in [0.29, 0.717) is 12.1 Å². The van der Waals surface area contributed by atoms with Crippen LogP contribution in [-0.2, 0) is 21.5 Å². The van der Waals surface area contributed by atoms with Crippen molar-refractivity contribution in [1.82, 2.24) is 10.2 Å². The van der Waals surface area contributed by atoms with Gasteiger partial charge in [0.15, 0.2) is 0 Å². The highest BCUT2D eigenvalue weighted by Crippen LogP contribution is 2.42. The summed E-state index contributed by atoms with van der Waals surface area (Å²) in [4.78, 5) is 40.0. The average molecular weight is 481 g/mol. The van der Waals surface area contributed by atoms with Crippen LogP contribution < -0.4 is 10.6 Å². The Morgan fingerprint density at radius 3 is 3.00 bits per heavy atom. The first-order chi connectivity index (χ1) is 12.5. The third-order valence-corrected chi connectivity index (χ3v) is 6.40. The molecule has 1 aromatic heterocycles. The van der Waals surface area contributed by atoms with Gasteiger partial charge in [0.2, 0.25) is 5.91 Å². The molecule has 2 heterocycles. The lowest BCUT2D eigenvalue weighted by molar-refractivity contribution is -0.134. The zero-order valence-corrected chi connectivity index (χ0v) is 16.7. The largest absolute Gasteiger partial charge is 0.325 e. The quantitative estimate of drug-likeness (QED) is 0.523. The number of hydrogen-bond acceptors (Lipinski definition) is 4. The zero-order chi connectivity index (χ0) is 18.3. The van der Waals surface area contributed by atoms with Gasteiger partial charge in [0.05, 0.1) is 0 Å². The summed E-state index contributed by atoms with van der Waals surface area (Å²) in [7, 11) is 0. The van der Waals surface area contributed by atoms with E-state index in [1.165, 1.54) is 0 Å². The van der Waals surface area contributed by atoms with Gasteiger partial charge in [-0.1, -0.05) is 6.07 Å². The molecule has 6 nitrogen and oxygen atoms in total. The number of hydrogen-bond donors (Lipinski definition) is 2. The summed E-state index contributed by atoms with van der Waals surface area (Å²) in [6.07, 6.45) is 2.32. The number of anilines is 1. The minimum atomic E-state index is -1.01. The molecule has 0 radical (unpaired) electrons. The number of rotatable bonds is 3. The third-order valence-electron chi connectivity index (χ3n) is 4.75. The molecule has 2 N–H and O–H groups in total. The van der Waals surface area contributed by atoms with Crippen molar-refractivity contribution in [2.45, 2.75) is 24.8 Å². The van der Waals surface area contributed by atoms with Crippen LogP contribution >= 0.6 is 33.9 Å². The Hall–Kier alpha value is -1.94. The molecule has 1 fully saturated rings. The predicted molar refractivity (Wildman–Crippen MR) is 107 cm³/mol. The first-order valence-corrected chi connectivity index (χ1v) is 10.2. The predicted octanol–water partition coefficient (Wildman–Crippen LogP) is 3.07. The van der Waals surface area contributed by atoms with Gasteiger partial charge in [-0.25, -0.2) is 4.79 Å². The second-order valence-corrected chi connectivity index (χ2v) is 8.64. The zero-order valence-electron chi connectivity index (χ0n) is 13.8. The first-order valence-electron chi connectivity index (χ1n) is 8.26. The van der Waals surface area contributed by atoms with E-state index in [-0.39, 0.29) is 12.5 Å². The molecule has 2 aromatic rings. The molecular formula is C18H16IN3O3S. The highest BCUT2D eigenvalue weighted by Gasteiger charge is 2.54. The lowest BCUT2D eigenvalue weighted by atomic mass is 9.80. The van der Waals surface area contributed by atoms with E-state index in [1.807, 2.05) is 29.6 Å². The Morgan fingerprint density at radius 1 is 1.35 bits per heavy atom. The van der Waals surface area contributed by atoms with Gasteiger partial charge in [0.25, 0.3) is 5.91 Å². The molecule has 4 rings (SSSR count). The fourth-order valence-corrected chi connectivity index (χ4v) is 5.14. The molecule has 134 valence electrons. The molecule has 26 heavy (non-hydrogen) atoms. The van der Waals surface area contributed by atoms with Crippen molar-refractivity contribution in [2.75, 3.05) is 11.9 Å². The topological polar surface area (TPSA) is 78.5 Å². The Morgan fingerprint density at radius 2 is 2.19 bits per heavy atom. The molecule has 1 unspecified atom stereocenters. The number of carbonyl (C=O) groups is 3. The van der Waals surface area contributed by atoms with Crippen LogP contribution in [0.15, 0.2) is 35.7 Å². The van der Waals surface area contributed by atoms with Crippen molar-refractivity contribution in [3.8, 4) is 0 Å². The molecule has 1 aromatic carbocycles. The standard InChI is InChI=1S/C18H16IN3O3S/c19-11-3-1-4-12(9-11)20-15(23)10-22-16(24)18(21-17(22)25)7-2-5-14-13(18)6-8-26-14/h1,3-4,6,8-9H,2,5,7,10H2,(H,20,23)(H,21,25). The van der Waals surface area contributed by atoms with Crippen molar-refractivity contribution in [1.29, 1.82) is 0 Å². The summed E-state index contributed by atoms with van der Waals surface area (Å²) in [5.41, 5.74) is 0.515. The van der Waals surface area contributed by atoms with Gasteiger partial charge in [-0.05, 0) is 71.5 Å². The van der Waals surface area contributed by atoms with Crippen LogP contribution in [0.2, 0.25) is 0 Å². The van der Waals surface area contributed by atoms with Crippen molar-refractivity contribution in [2.24, 2.45) is 0 Å². The lowest BCUT2D eigenvalue weighted by Gasteiger charge is -2.31. The van der Waals surface area contributed by atoms with Crippen LogP contribution in [0.5, 0.6) is 0 Å². The number of nitrogens with one attached hydrogen (secondary N) is 2. The molecule has 8 heteroatoms. The molecule has 1 spiro atoms. The molecule has 0 saturated carbocycles. The second-order valence-electron chi connectivity index (χ2n) is 6.40. The average Bonchev–Trinajstić information content (AvgIpc) is 3.16. The van der Waals surface area contributed by atoms with Crippen LogP contribution in [0.3, 0.4) is 0 Å². The number of amides is 4. The van der Waals surface area contributed by atoms with Gasteiger partial charge in [0.1, 0.15) is 12.1 Å². The van der Waals surface area contributed by atoms with E-state index >= 15 is 0 Å². The van der Waals surface area contributed by atoms with Gasteiger partial charge in [-0.2, -0.15) is 0 Å². The fourth-order valence-electron chi connectivity index (χ4n) is 3.60. The molecule has 2 aliphatic rings. The maximum atomic E-state index is 13.1. The summed E-state index contributed by atoms with van der Waals surface area (Å²) in [5, 5.41) is 7.54. The van der Waals surface area contributed by atoms with Crippen molar-refractivity contribution >= 4 is 57.5 Å². The number of imide groups is 1. The summed E-state index contributed by atoms with van der Waals surface area (Å²) in [6, 6.07) is 8.75. The summed E-state index contributed by atoms with van der Waals surface area (Å²) < 4.78 is 0.988. The van der Waals surface area contributed by atoms with Gasteiger partial charge < -0.3 is 10.6 Å². The fraction of sp³-hybridized carbons (Fsp3) is 0.278. The second kappa shape index (κ2) is 6.66. The van der Waals surface area contributed by atoms with Crippen molar-refractivity contribution < 1.29 is 14.4 Å². The van der Waals surface area contributed by atoms with Crippen molar-refractivity contribution in [3.63, 3.8) is 0 Å². The van der Waals surface area contributed by atoms with Gasteiger partial charge in [0, 0.05) is 19.7 Å². The normalized spacial score (nSPS) is 21.7. The van der Waals surface area contributed by atoms with Crippen LogP contribution in [-0.4, -0.2) is 29.3 Å². The number of aryl methyl sites for hydroxylation is 1. The maximum Gasteiger partial charge on any atom is 0.325 e. The number of benzene rings is 1. The monoisotopic (exact) mass is 481 g/mol. The molecule has 1 aliphatic carbocycles. The molecule has 1 atom stereocenters. The third kappa shape index (κ3) is 2.90. The number of fused-ring (bicyclic) bond motifs is 2. The Bertz CT molecular complexity index is 913. The first kappa shape index (κ1) is 17.5. The van der Waals surface area contributed by atoms with Crippen LogP contribution in [0.1, 0.15) is 23.3 Å². The van der Waals surface area contributed by atoms with E-state index in [2.05, 4.69) is 33.2 Å². The molecule has 1 saturated heterocycles. The van der Waals surface area contributed by atoms with Gasteiger partial charge in [-0.3, -0.25) is 14.5 Å². The summed E-state index contributed by atoms with van der Waals surface area (Å²) in [6.45, 7) is -0.294. The number of nitrogens with zero attached hydrogens (tertiary/aromatic N) is 1. The highest BCUT2D eigenvalue weighted by atomic mass is 127. The van der Waals surface area contributed by atoms with Crippen molar-refractivity contribution in [3.05, 3.63) is 49.7 Å². The summed E-state index contributed by atoms with van der Waals surface area (Å²) >= 11 is 3.76. The smallest absolute Gasteiger partial charge is 0.324 e. The van der Waals surface area contributed by atoms with E-state index in [9.17, 15) is 14.4 Å². The molecular weight excluding hydrogens is 465 g/mol. The van der Waals surface area contributed by atoms with E-state index in [0.717, 1.165) is 31.8 Å². The Kier molecular flexibility index (Phi) is 4.47. The number of urea groups is 1. The number of carbonyl (C=O) groups excluding carboxylic acids is 3. The Balaban J connectivity index is 1.53. The molecule has 4 amide bonds. The van der Waals surface area contributed by atoms with E-state index in [4.69, 9.17) is 0 Å². The van der Waals surface area contributed by atoms with E-state index < -0.39 is 17.5 Å². The molecule has 1 aliphatic heterocycles. The number of halogens is 1. The SMILES string of the molecule is O=C(CN1C(=O)NC2(CCCc3sccc32)C1=O)Nc1cccc(I)c1. The molecule has 0 bridgehead atoms. The minimum Gasteiger partial charge on any atom is -0.324 e. The van der Waals surface area contributed by atoms with Crippen LogP contribution in [0.4, 0.5) is 10.5 Å². The highest BCUT2D eigenvalue weighted by molar-refractivity contribution is 14.1. The lowest BCUT2D eigenvalue weighted by Crippen LogP contribution is -2.46. The van der Waals surface area contributed by atoms with Crippen LogP contribution in [0.25, 0.3) is 0 Å². The van der Waals surface area contributed by atoms with Crippen LogP contribution in [0, 0.1) is 3.57 Å². The summed E-state index contributed by atoms with van der Waals surface area (Å²) in [5.74, 6) is -0.728. The maximum absolute atomic E-state index is 13.1. The van der Waals surface area contributed by atoms with Gasteiger partial charge >= 0.3 is 6.03 Å². The Labute approximate surface area is 168 Å². The van der Waals surface area contributed by atoms with E-state index in [1.54, 1.807) is 17.4 Å². The van der Waals surface area contributed by atoms with Gasteiger partial charge in [-0.15, -0.1) is 11.3 Å². The minimum absolute atomic E-state index is 0.294. The number of thiophene rings is 1.